The number of hydrogen-bond donors (Lipinski definition) is 1. The van der Waals surface area contributed by atoms with Crippen LogP contribution in [0.25, 0.3) is 6.08 Å². The lowest BCUT2D eigenvalue weighted by Gasteiger charge is -2.26. The second-order valence-electron chi connectivity index (χ2n) is 10.6. The quantitative estimate of drug-likeness (QED) is 0.149. The molecule has 0 radical (unpaired) electrons. The number of carbonyl (C=O) groups excluding carboxylic acids is 1. The average Bonchev–Trinajstić information content (AvgIpc) is 3.30. The Kier molecular flexibility index (Phi) is 10.5. The lowest BCUT2D eigenvalue weighted by Crippen LogP contribution is -2.40. The van der Waals surface area contributed by atoms with Crippen molar-refractivity contribution in [2.75, 3.05) is 6.61 Å². The van der Waals surface area contributed by atoms with Crippen molar-refractivity contribution in [2.24, 2.45) is 4.99 Å². The topological polar surface area (TPSA) is 116 Å². The van der Waals surface area contributed by atoms with Crippen molar-refractivity contribution in [1.82, 2.24) is 4.57 Å². The van der Waals surface area contributed by atoms with Crippen LogP contribution in [0.1, 0.15) is 60.8 Å². The van der Waals surface area contributed by atoms with Crippen LogP contribution in [-0.2, 0) is 16.1 Å². The predicted octanol–water partition coefficient (Wildman–Crippen LogP) is 6.23. The summed E-state index contributed by atoms with van der Waals surface area (Å²) in [6.45, 7) is 7.76. The zero-order chi connectivity index (χ0) is 33.1. The number of halogens is 2. The predicted molar refractivity (Wildman–Crippen MR) is 187 cm³/mol. The first kappa shape index (κ1) is 33.6. The average molecular weight is 817 g/mol. The number of rotatable bonds is 10. The van der Waals surface area contributed by atoms with E-state index in [-0.39, 0.29) is 36.0 Å². The number of allylic oxidation sites excluding steroid dienone is 1. The van der Waals surface area contributed by atoms with E-state index in [1.165, 1.54) is 23.5 Å². The molecule has 0 spiro atoms. The molecule has 0 amide bonds. The molecule has 4 aromatic rings. The highest BCUT2D eigenvalue weighted by atomic mass is 127. The molecule has 5 rings (SSSR count). The number of hydrogen-bond acceptors (Lipinski definition) is 8. The summed E-state index contributed by atoms with van der Waals surface area (Å²) >= 11 is 7.03. The number of benzene rings is 3. The van der Waals surface area contributed by atoms with E-state index in [4.69, 9.17) is 19.3 Å². The molecule has 1 aromatic heterocycles. The number of carbonyl (C=O) groups is 2. The van der Waals surface area contributed by atoms with Gasteiger partial charge in [0.05, 0.1) is 42.1 Å². The van der Waals surface area contributed by atoms with Gasteiger partial charge in [0.25, 0.3) is 5.56 Å². The van der Waals surface area contributed by atoms with Gasteiger partial charge in [-0.3, -0.25) is 9.36 Å². The highest BCUT2D eigenvalue weighted by Crippen LogP contribution is 2.36. The third-order valence-electron chi connectivity index (χ3n) is 7.00. The van der Waals surface area contributed by atoms with Crippen LogP contribution in [0.3, 0.4) is 0 Å². The Labute approximate surface area is 291 Å². The number of esters is 1. The number of thiazole rings is 1. The second kappa shape index (κ2) is 14.3. The molecule has 46 heavy (non-hydrogen) atoms. The SMILES string of the molecule is CCOC(=O)C1=C(C)N=c2s/c(=C/c3cc(Br)c(OCc4ccc(C(=O)O)cc4)c(I)c3)c(=O)n2[C@@H]1c1ccccc1OC(C)C. The Bertz CT molecular complexity index is 2010. The molecule has 1 aliphatic rings. The Morgan fingerprint density at radius 2 is 1.87 bits per heavy atom. The standard InChI is InChI=1S/C34H30BrIN2O7S/c1-5-43-33(42)28-19(4)37-34-38(29(28)23-8-6-7-9-26(23)45-18(2)3)31(39)27(46-34)16-21-14-24(35)30(25(36)15-21)44-17-20-10-12-22(13-11-20)32(40)41/h6-16,18,29H,5,17H2,1-4H3,(H,40,41)/b27-16+/t29-/m1/s1. The van der Waals surface area contributed by atoms with Gasteiger partial charge in [-0.2, -0.15) is 0 Å². The third kappa shape index (κ3) is 7.13. The van der Waals surface area contributed by atoms with E-state index in [9.17, 15) is 14.4 Å². The molecule has 0 fully saturated rings. The molecule has 0 unspecified atom stereocenters. The number of para-hydroxylation sites is 1. The van der Waals surface area contributed by atoms with Gasteiger partial charge in [-0.1, -0.05) is 41.7 Å². The van der Waals surface area contributed by atoms with Gasteiger partial charge < -0.3 is 19.3 Å². The van der Waals surface area contributed by atoms with Gasteiger partial charge in [0, 0.05) is 5.56 Å². The molecule has 238 valence electrons. The zero-order valence-electron chi connectivity index (χ0n) is 25.4. The summed E-state index contributed by atoms with van der Waals surface area (Å²) in [4.78, 5) is 43.7. The maximum absolute atomic E-state index is 14.1. The Hall–Kier alpha value is -3.75. The number of carboxylic acid groups (broad SMARTS) is 1. The Morgan fingerprint density at radius 1 is 1.15 bits per heavy atom. The van der Waals surface area contributed by atoms with Gasteiger partial charge in [-0.15, -0.1) is 0 Å². The molecule has 1 N–H and O–H groups in total. The molecule has 0 saturated heterocycles. The van der Waals surface area contributed by atoms with Gasteiger partial charge in [-0.25, -0.2) is 14.6 Å². The summed E-state index contributed by atoms with van der Waals surface area (Å²) in [7, 11) is 0. The van der Waals surface area contributed by atoms with Crippen LogP contribution < -0.4 is 24.4 Å². The maximum atomic E-state index is 14.1. The number of aromatic carboxylic acids is 1. The minimum Gasteiger partial charge on any atom is -0.491 e. The normalized spacial score (nSPS) is 14.6. The highest BCUT2D eigenvalue weighted by molar-refractivity contribution is 14.1. The molecule has 1 atom stereocenters. The number of nitrogens with zero attached hydrogens (tertiary/aromatic N) is 2. The molecule has 3 aromatic carbocycles. The van der Waals surface area contributed by atoms with Crippen LogP contribution in [0.4, 0.5) is 0 Å². The monoisotopic (exact) mass is 816 g/mol. The van der Waals surface area contributed by atoms with Crippen LogP contribution in [0.15, 0.2) is 86.2 Å². The van der Waals surface area contributed by atoms with Crippen molar-refractivity contribution < 1.29 is 28.9 Å². The summed E-state index contributed by atoms with van der Waals surface area (Å²) in [5.74, 6) is -0.324. The Morgan fingerprint density at radius 3 is 2.52 bits per heavy atom. The second-order valence-corrected chi connectivity index (χ2v) is 13.6. The van der Waals surface area contributed by atoms with Gasteiger partial charge in [0.1, 0.15) is 24.1 Å². The van der Waals surface area contributed by atoms with Crippen molar-refractivity contribution in [3.8, 4) is 11.5 Å². The van der Waals surface area contributed by atoms with E-state index < -0.39 is 18.0 Å². The van der Waals surface area contributed by atoms with Crippen LogP contribution >= 0.6 is 49.9 Å². The van der Waals surface area contributed by atoms with E-state index in [2.05, 4.69) is 43.5 Å². The van der Waals surface area contributed by atoms with Crippen molar-refractivity contribution in [2.45, 2.75) is 46.4 Å². The summed E-state index contributed by atoms with van der Waals surface area (Å²) in [5, 5.41) is 9.13. The molecule has 12 heteroatoms. The molecule has 0 saturated carbocycles. The van der Waals surface area contributed by atoms with Gasteiger partial charge in [0.15, 0.2) is 4.80 Å². The fraction of sp³-hybridized carbons (Fsp3) is 0.235. The third-order valence-corrected chi connectivity index (χ3v) is 9.37. The number of aromatic nitrogens is 1. The summed E-state index contributed by atoms with van der Waals surface area (Å²) < 4.78 is 21.1. The van der Waals surface area contributed by atoms with Gasteiger partial charge in [0.2, 0.25) is 0 Å². The zero-order valence-corrected chi connectivity index (χ0v) is 29.9. The summed E-state index contributed by atoms with van der Waals surface area (Å²) in [6, 6.07) is 16.9. The molecular weight excluding hydrogens is 787 g/mol. The first-order chi connectivity index (χ1) is 22.0. The van der Waals surface area contributed by atoms with E-state index in [1.54, 1.807) is 36.6 Å². The van der Waals surface area contributed by atoms with Crippen molar-refractivity contribution in [3.05, 3.63) is 122 Å². The first-order valence-corrected chi connectivity index (χ1v) is 17.1. The van der Waals surface area contributed by atoms with Crippen LogP contribution in [0.2, 0.25) is 0 Å². The van der Waals surface area contributed by atoms with Gasteiger partial charge in [-0.05, 0) is 114 Å². The van der Waals surface area contributed by atoms with E-state index in [0.717, 1.165) is 14.7 Å². The molecule has 9 nitrogen and oxygen atoms in total. The fourth-order valence-electron chi connectivity index (χ4n) is 5.00. The Balaban J connectivity index is 1.54. The minimum atomic E-state index is -0.984. The van der Waals surface area contributed by atoms with E-state index >= 15 is 0 Å². The van der Waals surface area contributed by atoms with Crippen LogP contribution in [-0.4, -0.2) is 34.3 Å². The molecule has 0 bridgehead atoms. The number of carboxylic acids is 1. The molecular formula is C34H30BrIN2O7S. The molecule has 2 heterocycles. The highest BCUT2D eigenvalue weighted by Gasteiger charge is 2.35. The lowest BCUT2D eigenvalue weighted by molar-refractivity contribution is -0.139. The maximum Gasteiger partial charge on any atom is 0.338 e. The number of fused-ring (bicyclic) bond motifs is 1. The lowest BCUT2D eigenvalue weighted by atomic mass is 9.95. The van der Waals surface area contributed by atoms with Crippen LogP contribution in [0.5, 0.6) is 11.5 Å². The smallest absolute Gasteiger partial charge is 0.338 e. The largest absolute Gasteiger partial charge is 0.491 e. The summed E-state index contributed by atoms with van der Waals surface area (Å²) in [5.41, 5.74) is 2.94. The van der Waals surface area contributed by atoms with Crippen molar-refractivity contribution >= 4 is 67.9 Å². The van der Waals surface area contributed by atoms with Crippen molar-refractivity contribution in [1.29, 1.82) is 0 Å². The molecule has 0 aliphatic carbocycles. The minimum absolute atomic E-state index is 0.126. The van der Waals surface area contributed by atoms with E-state index in [0.29, 0.717) is 36.6 Å². The van der Waals surface area contributed by atoms with Gasteiger partial charge >= 0.3 is 11.9 Å². The van der Waals surface area contributed by atoms with E-state index in [1.807, 2.05) is 50.2 Å². The molecule has 1 aliphatic heterocycles. The van der Waals surface area contributed by atoms with Crippen molar-refractivity contribution in [3.63, 3.8) is 0 Å². The van der Waals surface area contributed by atoms with Crippen LogP contribution in [0, 0.1) is 3.57 Å². The summed E-state index contributed by atoms with van der Waals surface area (Å²) in [6.07, 6.45) is 1.67. The first-order valence-electron chi connectivity index (χ1n) is 14.4. The fourth-order valence-corrected chi connectivity index (χ4v) is 7.82. The number of ether oxygens (including phenoxy) is 3.